The first kappa shape index (κ1) is 21.5. The molecule has 1 aliphatic rings. The molecule has 0 spiro atoms. The lowest BCUT2D eigenvalue weighted by Gasteiger charge is -2.33. The average Bonchev–Trinajstić information content (AvgIpc) is 2.94. The van der Waals surface area contributed by atoms with Gasteiger partial charge < -0.3 is 10.2 Å². The first-order valence-electron chi connectivity index (χ1n) is 9.84. The van der Waals surface area contributed by atoms with Crippen LogP contribution in [0.25, 0.3) is 0 Å². The van der Waals surface area contributed by atoms with Crippen molar-refractivity contribution in [3.05, 3.63) is 41.2 Å². The number of anilines is 1. The highest BCUT2D eigenvalue weighted by Gasteiger charge is 2.27. The van der Waals surface area contributed by atoms with Crippen LogP contribution in [0.4, 0.5) is 5.69 Å². The van der Waals surface area contributed by atoms with E-state index in [1.807, 2.05) is 20.9 Å². The minimum atomic E-state index is -3.51. The normalized spacial score (nSPS) is 16.1. The average molecular weight is 420 g/mol. The van der Waals surface area contributed by atoms with Gasteiger partial charge in [0.25, 0.3) is 0 Å². The van der Waals surface area contributed by atoms with Crippen molar-refractivity contribution in [2.24, 2.45) is 7.05 Å². The number of amides is 1. The molecule has 2 heterocycles. The molecule has 1 N–H and O–H groups in total. The predicted molar refractivity (Wildman–Crippen MR) is 112 cm³/mol. The van der Waals surface area contributed by atoms with Gasteiger partial charge in [0.05, 0.1) is 17.0 Å². The van der Waals surface area contributed by atoms with Crippen molar-refractivity contribution < 1.29 is 13.2 Å². The van der Waals surface area contributed by atoms with E-state index in [1.54, 1.807) is 28.9 Å². The summed E-state index contributed by atoms with van der Waals surface area (Å²) >= 11 is 0. The van der Waals surface area contributed by atoms with Crippen LogP contribution >= 0.6 is 0 Å². The lowest BCUT2D eigenvalue weighted by Crippen LogP contribution is -2.48. The van der Waals surface area contributed by atoms with Gasteiger partial charge in [0.15, 0.2) is 0 Å². The largest absolute Gasteiger partial charge is 0.326 e. The molecule has 0 atom stereocenters. The lowest BCUT2D eigenvalue weighted by molar-refractivity contribution is -0.115. The van der Waals surface area contributed by atoms with Crippen molar-refractivity contribution >= 4 is 21.6 Å². The standard InChI is InChI=1S/C20H29N5O3S/c1-5-24-10-12-25(13-11-24)29(27,28)18-8-6-17(7-9-18)21-20(26)14-19-15(2)22-23(4)16(19)3/h6-9H,5,10-14H2,1-4H3,(H,21,26). The van der Waals surface area contributed by atoms with Gasteiger partial charge in [-0.1, -0.05) is 6.92 Å². The zero-order chi connectivity index (χ0) is 21.2. The molecule has 0 bridgehead atoms. The summed E-state index contributed by atoms with van der Waals surface area (Å²) in [6, 6.07) is 6.38. The van der Waals surface area contributed by atoms with Crippen LogP contribution in [0.5, 0.6) is 0 Å². The van der Waals surface area contributed by atoms with Gasteiger partial charge in [-0.05, 0) is 44.7 Å². The quantitative estimate of drug-likeness (QED) is 0.768. The van der Waals surface area contributed by atoms with Crippen molar-refractivity contribution in [3.63, 3.8) is 0 Å². The molecule has 0 unspecified atom stereocenters. The fraction of sp³-hybridized carbons (Fsp3) is 0.500. The number of hydrogen-bond donors (Lipinski definition) is 1. The summed E-state index contributed by atoms with van der Waals surface area (Å²) in [4.78, 5) is 14.9. The number of aromatic nitrogens is 2. The number of aryl methyl sites for hydroxylation is 2. The van der Waals surface area contributed by atoms with Gasteiger partial charge in [-0.2, -0.15) is 9.40 Å². The molecule has 1 fully saturated rings. The second-order valence-corrected chi connectivity index (χ2v) is 9.30. The molecule has 0 aliphatic carbocycles. The molecule has 0 saturated carbocycles. The number of rotatable bonds is 6. The Hall–Kier alpha value is -2.23. The van der Waals surface area contributed by atoms with Crippen LogP contribution in [-0.2, 0) is 28.3 Å². The Bertz CT molecular complexity index is 974. The lowest BCUT2D eigenvalue weighted by atomic mass is 10.1. The molecule has 1 aromatic carbocycles. The fourth-order valence-electron chi connectivity index (χ4n) is 3.58. The van der Waals surface area contributed by atoms with Gasteiger partial charge in [0, 0.05) is 50.2 Å². The second kappa shape index (κ2) is 8.64. The third-order valence-electron chi connectivity index (χ3n) is 5.55. The van der Waals surface area contributed by atoms with Crippen molar-refractivity contribution in [3.8, 4) is 0 Å². The van der Waals surface area contributed by atoms with Crippen molar-refractivity contribution in [2.75, 3.05) is 38.0 Å². The van der Waals surface area contributed by atoms with Crippen LogP contribution in [-0.4, -0.2) is 66.0 Å². The highest BCUT2D eigenvalue weighted by molar-refractivity contribution is 7.89. The first-order chi connectivity index (χ1) is 13.7. The summed E-state index contributed by atoms with van der Waals surface area (Å²) in [6.07, 6.45) is 0.229. The SMILES string of the molecule is CCN1CCN(S(=O)(=O)c2ccc(NC(=O)Cc3c(C)nn(C)c3C)cc2)CC1. The summed E-state index contributed by atoms with van der Waals surface area (Å²) in [7, 11) is -1.66. The maximum atomic E-state index is 12.8. The monoisotopic (exact) mass is 419 g/mol. The Kier molecular flexibility index (Phi) is 6.40. The molecule has 1 aliphatic heterocycles. The predicted octanol–water partition coefficient (Wildman–Crippen LogP) is 1.54. The number of nitrogens with one attached hydrogen (secondary N) is 1. The van der Waals surface area contributed by atoms with Crippen LogP contribution in [0.3, 0.4) is 0 Å². The Labute approximate surface area is 172 Å². The molecule has 1 saturated heterocycles. The van der Waals surface area contributed by atoms with Gasteiger partial charge in [-0.3, -0.25) is 9.48 Å². The van der Waals surface area contributed by atoms with Gasteiger partial charge in [-0.15, -0.1) is 0 Å². The summed E-state index contributed by atoms with van der Waals surface area (Å²) in [5.74, 6) is -0.157. The summed E-state index contributed by atoms with van der Waals surface area (Å²) < 4.78 is 29.0. The van der Waals surface area contributed by atoms with E-state index in [-0.39, 0.29) is 17.2 Å². The number of piperazine rings is 1. The molecule has 1 aromatic heterocycles. The van der Waals surface area contributed by atoms with Crippen LogP contribution < -0.4 is 5.32 Å². The summed E-state index contributed by atoms with van der Waals surface area (Å²) in [5, 5.41) is 7.16. The van der Waals surface area contributed by atoms with Crippen molar-refractivity contribution in [1.82, 2.24) is 19.0 Å². The topological polar surface area (TPSA) is 87.5 Å². The van der Waals surface area contributed by atoms with Crippen molar-refractivity contribution in [2.45, 2.75) is 32.1 Å². The van der Waals surface area contributed by atoms with Crippen molar-refractivity contribution in [1.29, 1.82) is 0 Å². The highest BCUT2D eigenvalue weighted by atomic mass is 32.2. The minimum Gasteiger partial charge on any atom is -0.326 e. The summed E-state index contributed by atoms with van der Waals surface area (Å²) in [5.41, 5.74) is 3.28. The van der Waals surface area contributed by atoms with Gasteiger partial charge in [-0.25, -0.2) is 8.42 Å². The molecule has 2 aromatic rings. The summed E-state index contributed by atoms with van der Waals surface area (Å²) in [6.45, 7) is 9.32. The molecular formula is C20H29N5O3S. The number of benzene rings is 1. The van der Waals surface area contributed by atoms with Crippen LogP contribution in [0.15, 0.2) is 29.2 Å². The van der Waals surface area contributed by atoms with E-state index < -0.39 is 10.0 Å². The van der Waals surface area contributed by atoms with E-state index in [1.165, 1.54) is 4.31 Å². The van der Waals surface area contributed by atoms with Gasteiger partial charge in [0.1, 0.15) is 0 Å². The van der Waals surface area contributed by atoms with Gasteiger partial charge >= 0.3 is 0 Å². The van der Waals surface area contributed by atoms with E-state index in [0.717, 1.165) is 36.6 Å². The number of carbonyl (C=O) groups is 1. The number of hydrogen-bond acceptors (Lipinski definition) is 5. The van der Waals surface area contributed by atoms with E-state index in [9.17, 15) is 13.2 Å². The van der Waals surface area contributed by atoms with Gasteiger partial charge in [0.2, 0.25) is 15.9 Å². The van der Waals surface area contributed by atoms with E-state index >= 15 is 0 Å². The molecule has 0 radical (unpaired) electrons. The number of carbonyl (C=O) groups excluding carboxylic acids is 1. The minimum absolute atomic E-state index is 0.157. The second-order valence-electron chi connectivity index (χ2n) is 7.36. The number of nitrogens with zero attached hydrogens (tertiary/aromatic N) is 4. The third-order valence-corrected chi connectivity index (χ3v) is 7.46. The Morgan fingerprint density at radius 3 is 2.24 bits per heavy atom. The zero-order valence-electron chi connectivity index (χ0n) is 17.5. The van der Waals surface area contributed by atoms with Crippen LogP contribution in [0.1, 0.15) is 23.9 Å². The Morgan fingerprint density at radius 1 is 1.10 bits per heavy atom. The molecule has 8 nitrogen and oxygen atoms in total. The Morgan fingerprint density at radius 2 is 1.72 bits per heavy atom. The molecule has 1 amide bonds. The Balaban J connectivity index is 1.64. The molecule has 3 rings (SSSR count). The first-order valence-corrected chi connectivity index (χ1v) is 11.3. The number of likely N-dealkylation sites (N-methyl/N-ethyl adjacent to an activating group) is 1. The van der Waals surface area contributed by atoms with Crippen LogP contribution in [0, 0.1) is 13.8 Å². The maximum absolute atomic E-state index is 12.8. The van der Waals surface area contributed by atoms with E-state index in [0.29, 0.717) is 18.8 Å². The van der Waals surface area contributed by atoms with E-state index in [2.05, 4.69) is 22.2 Å². The smallest absolute Gasteiger partial charge is 0.243 e. The third kappa shape index (κ3) is 4.68. The molecule has 29 heavy (non-hydrogen) atoms. The van der Waals surface area contributed by atoms with Crippen LogP contribution in [0.2, 0.25) is 0 Å². The zero-order valence-corrected chi connectivity index (χ0v) is 18.3. The maximum Gasteiger partial charge on any atom is 0.243 e. The molecule has 9 heteroatoms. The molecule has 158 valence electrons. The highest BCUT2D eigenvalue weighted by Crippen LogP contribution is 2.20. The fourth-order valence-corrected chi connectivity index (χ4v) is 5.01. The molecular weight excluding hydrogens is 390 g/mol. The van der Waals surface area contributed by atoms with E-state index in [4.69, 9.17) is 0 Å². The number of sulfonamides is 1.